The summed E-state index contributed by atoms with van der Waals surface area (Å²) < 4.78 is 5.68. The highest BCUT2D eigenvalue weighted by molar-refractivity contribution is 5.78. The van der Waals surface area contributed by atoms with Crippen molar-refractivity contribution in [2.24, 2.45) is 11.7 Å². The number of hydrogen-bond acceptors (Lipinski definition) is 3. The number of nitrogens with two attached hydrogens (primary N) is 1. The molecule has 1 heterocycles. The number of nitrogens with zero attached hydrogens (tertiary/aromatic N) is 1. The Morgan fingerprint density at radius 1 is 1.50 bits per heavy atom. The van der Waals surface area contributed by atoms with E-state index in [9.17, 15) is 4.79 Å². The van der Waals surface area contributed by atoms with Crippen molar-refractivity contribution in [3.05, 3.63) is 29.8 Å². The molecule has 1 aliphatic rings. The van der Waals surface area contributed by atoms with Crippen LogP contribution >= 0.6 is 0 Å². The summed E-state index contributed by atoms with van der Waals surface area (Å²) in [6.45, 7) is 4.43. The van der Waals surface area contributed by atoms with Gasteiger partial charge in [0.1, 0.15) is 12.4 Å². The van der Waals surface area contributed by atoms with E-state index in [4.69, 9.17) is 10.5 Å². The average Bonchev–Trinajstić information content (AvgIpc) is 2.75. The summed E-state index contributed by atoms with van der Waals surface area (Å²) in [5.41, 5.74) is 6.23. The third-order valence-electron chi connectivity index (χ3n) is 3.21. The summed E-state index contributed by atoms with van der Waals surface area (Å²) in [5.74, 6) is 7.24. The quantitative estimate of drug-likeness (QED) is 0.839. The van der Waals surface area contributed by atoms with Crippen molar-refractivity contribution in [2.45, 2.75) is 13.3 Å². The Labute approximate surface area is 119 Å². The first-order chi connectivity index (χ1) is 9.69. The van der Waals surface area contributed by atoms with Crippen LogP contribution in [0.3, 0.4) is 0 Å². The average molecular weight is 272 g/mol. The van der Waals surface area contributed by atoms with E-state index in [-0.39, 0.29) is 5.91 Å². The van der Waals surface area contributed by atoms with Gasteiger partial charge in [0, 0.05) is 18.5 Å². The normalized spacial score (nSPS) is 17.8. The lowest BCUT2D eigenvalue weighted by molar-refractivity contribution is -0.128. The van der Waals surface area contributed by atoms with Crippen LogP contribution in [0.1, 0.15) is 18.9 Å². The molecular weight excluding hydrogens is 252 g/mol. The van der Waals surface area contributed by atoms with Gasteiger partial charge in [-0.05, 0) is 24.1 Å². The largest absolute Gasteiger partial charge is 0.492 e. The Hall–Kier alpha value is -1.99. The predicted octanol–water partition coefficient (Wildman–Crippen LogP) is 1.24. The van der Waals surface area contributed by atoms with Crippen molar-refractivity contribution < 1.29 is 9.53 Å². The number of likely N-dealkylation sites (tertiary alicyclic amines) is 1. The maximum atomic E-state index is 11.6. The Kier molecular flexibility index (Phi) is 5.03. The van der Waals surface area contributed by atoms with Gasteiger partial charge in [-0.25, -0.2) is 0 Å². The fraction of sp³-hybridized carbons (Fsp3) is 0.438. The number of ether oxygens (including phenoxy) is 1. The molecule has 1 unspecified atom stereocenters. The Morgan fingerprint density at radius 2 is 2.35 bits per heavy atom. The molecule has 1 aromatic rings. The summed E-state index contributed by atoms with van der Waals surface area (Å²) in [6, 6.07) is 7.60. The van der Waals surface area contributed by atoms with Gasteiger partial charge in [0.15, 0.2) is 0 Å². The molecule has 0 spiro atoms. The number of rotatable bonds is 4. The number of amides is 1. The van der Waals surface area contributed by atoms with Crippen molar-refractivity contribution >= 4 is 5.91 Å². The van der Waals surface area contributed by atoms with E-state index >= 15 is 0 Å². The van der Waals surface area contributed by atoms with Crippen LogP contribution in [-0.4, -0.2) is 37.0 Å². The minimum absolute atomic E-state index is 0.226. The van der Waals surface area contributed by atoms with Crippen LogP contribution in [0.25, 0.3) is 0 Å². The van der Waals surface area contributed by atoms with E-state index in [1.165, 1.54) is 0 Å². The molecule has 0 aromatic heterocycles. The molecule has 1 fully saturated rings. The van der Waals surface area contributed by atoms with E-state index in [1.54, 1.807) is 0 Å². The second-order valence-corrected chi connectivity index (χ2v) is 5.03. The van der Waals surface area contributed by atoms with Gasteiger partial charge in [-0.1, -0.05) is 24.8 Å². The van der Waals surface area contributed by atoms with Crippen molar-refractivity contribution in [1.29, 1.82) is 0 Å². The van der Waals surface area contributed by atoms with Crippen LogP contribution < -0.4 is 10.5 Å². The monoisotopic (exact) mass is 272 g/mol. The lowest BCUT2D eigenvalue weighted by atomic mass is 10.2. The first-order valence-corrected chi connectivity index (χ1v) is 6.88. The zero-order valence-electron chi connectivity index (χ0n) is 11.8. The van der Waals surface area contributed by atoms with E-state index in [1.807, 2.05) is 29.2 Å². The van der Waals surface area contributed by atoms with Crippen molar-refractivity contribution in [3.63, 3.8) is 0 Å². The third-order valence-corrected chi connectivity index (χ3v) is 3.21. The highest BCUT2D eigenvalue weighted by atomic mass is 16.5. The van der Waals surface area contributed by atoms with Gasteiger partial charge in [0.25, 0.3) is 0 Å². The van der Waals surface area contributed by atoms with Gasteiger partial charge in [-0.3, -0.25) is 4.79 Å². The molecule has 1 saturated heterocycles. The lowest BCUT2D eigenvalue weighted by Crippen LogP contribution is -2.29. The molecule has 106 valence electrons. The molecule has 1 aromatic carbocycles. The van der Waals surface area contributed by atoms with Gasteiger partial charge >= 0.3 is 0 Å². The highest BCUT2D eigenvalue weighted by Gasteiger charge is 2.25. The summed E-state index contributed by atoms with van der Waals surface area (Å²) in [7, 11) is 0. The zero-order chi connectivity index (χ0) is 14.4. The molecule has 2 rings (SSSR count). The molecule has 1 amide bonds. The molecule has 2 N–H and O–H groups in total. The van der Waals surface area contributed by atoms with Crippen molar-refractivity contribution in [2.75, 3.05) is 26.2 Å². The molecule has 20 heavy (non-hydrogen) atoms. The van der Waals surface area contributed by atoms with Crippen LogP contribution in [-0.2, 0) is 4.79 Å². The van der Waals surface area contributed by atoms with Gasteiger partial charge < -0.3 is 15.4 Å². The number of benzene rings is 1. The van der Waals surface area contributed by atoms with Gasteiger partial charge in [-0.15, -0.1) is 0 Å². The predicted molar refractivity (Wildman–Crippen MR) is 78.2 cm³/mol. The van der Waals surface area contributed by atoms with E-state index in [2.05, 4.69) is 18.8 Å². The highest BCUT2D eigenvalue weighted by Crippen LogP contribution is 2.17. The Morgan fingerprint density at radius 3 is 3.05 bits per heavy atom. The lowest BCUT2D eigenvalue weighted by Gasteiger charge is -2.16. The smallest absolute Gasteiger partial charge is 0.223 e. The van der Waals surface area contributed by atoms with Crippen LogP contribution in [0, 0.1) is 17.8 Å². The minimum atomic E-state index is 0.226. The molecule has 0 saturated carbocycles. The number of carbonyl (C=O) groups excluding carboxylic acids is 1. The van der Waals surface area contributed by atoms with Gasteiger partial charge in [-0.2, -0.15) is 0 Å². The van der Waals surface area contributed by atoms with Gasteiger partial charge in [0.2, 0.25) is 5.91 Å². The van der Waals surface area contributed by atoms with Crippen molar-refractivity contribution in [1.82, 2.24) is 4.90 Å². The fourth-order valence-electron chi connectivity index (χ4n) is 2.28. The maximum Gasteiger partial charge on any atom is 0.223 e. The van der Waals surface area contributed by atoms with Crippen LogP contribution in [0.4, 0.5) is 0 Å². The molecule has 0 bridgehead atoms. The van der Waals surface area contributed by atoms with Crippen LogP contribution in [0.15, 0.2) is 24.3 Å². The minimum Gasteiger partial charge on any atom is -0.492 e. The Bertz CT molecular complexity index is 531. The summed E-state index contributed by atoms with van der Waals surface area (Å²) in [5, 5.41) is 0. The maximum absolute atomic E-state index is 11.6. The summed E-state index contributed by atoms with van der Waals surface area (Å²) in [6.07, 6.45) is 0.657. The molecule has 4 nitrogen and oxygen atoms in total. The van der Waals surface area contributed by atoms with Crippen LogP contribution in [0.2, 0.25) is 0 Å². The second kappa shape index (κ2) is 6.97. The SMILES string of the molecule is CC1CC(=O)N(CCOc2cccc(C#CCN)c2)C1. The summed E-state index contributed by atoms with van der Waals surface area (Å²) in [4.78, 5) is 13.5. The zero-order valence-corrected chi connectivity index (χ0v) is 11.8. The topological polar surface area (TPSA) is 55.6 Å². The van der Waals surface area contributed by atoms with E-state index in [0.29, 0.717) is 32.0 Å². The second-order valence-electron chi connectivity index (χ2n) is 5.03. The fourth-order valence-corrected chi connectivity index (χ4v) is 2.28. The first kappa shape index (κ1) is 14.4. The van der Waals surface area contributed by atoms with E-state index < -0.39 is 0 Å². The molecular formula is C16H20N2O2. The Balaban J connectivity index is 1.83. The standard InChI is InChI=1S/C16H20N2O2/c1-13-10-16(19)18(12-13)8-9-20-15-6-2-4-14(11-15)5-3-7-17/h2,4,6,11,13H,7-10,12,17H2,1H3. The summed E-state index contributed by atoms with van der Waals surface area (Å²) >= 11 is 0. The first-order valence-electron chi connectivity index (χ1n) is 6.88. The molecule has 0 aliphatic carbocycles. The van der Waals surface area contributed by atoms with E-state index in [0.717, 1.165) is 17.9 Å². The van der Waals surface area contributed by atoms with Crippen molar-refractivity contribution in [3.8, 4) is 17.6 Å². The third kappa shape index (κ3) is 4.01. The van der Waals surface area contributed by atoms with Gasteiger partial charge in [0.05, 0.1) is 13.1 Å². The number of hydrogen-bond donors (Lipinski definition) is 1. The molecule has 1 atom stereocenters. The molecule has 4 heteroatoms. The molecule has 0 radical (unpaired) electrons. The molecule has 1 aliphatic heterocycles. The number of carbonyl (C=O) groups is 1. The van der Waals surface area contributed by atoms with Crippen LogP contribution in [0.5, 0.6) is 5.75 Å².